The van der Waals surface area contributed by atoms with E-state index in [4.69, 9.17) is 9.47 Å². The molecule has 0 aliphatic carbocycles. The number of hydrogen-bond acceptors (Lipinski definition) is 5. The largest absolute Gasteiger partial charge is 0.497 e. The molecule has 2 aromatic rings. The molecule has 1 aliphatic rings. The van der Waals surface area contributed by atoms with E-state index in [1.165, 1.54) is 0 Å². The average molecular weight is 341 g/mol. The second-order valence-electron chi connectivity index (χ2n) is 5.93. The fourth-order valence-corrected chi connectivity index (χ4v) is 2.94. The van der Waals surface area contributed by atoms with Gasteiger partial charge in [-0.25, -0.2) is 10.9 Å². The highest BCUT2D eigenvalue weighted by molar-refractivity contribution is 5.82. The van der Waals surface area contributed by atoms with Crippen molar-refractivity contribution in [3.05, 3.63) is 59.7 Å². The molecule has 1 heterocycles. The summed E-state index contributed by atoms with van der Waals surface area (Å²) < 4.78 is 10.5. The minimum atomic E-state index is -0.276. The third kappa shape index (κ3) is 4.10. The molecule has 0 saturated carbocycles. The molecule has 0 bridgehead atoms. The van der Waals surface area contributed by atoms with E-state index in [-0.39, 0.29) is 18.0 Å². The van der Waals surface area contributed by atoms with Gasteiger partial charge >= 0.3 is 0 Å². The molecule has 25 heavy (non-hydrogen) atoms. The van der Waals surface area contributed by atoms with Gasteiger partial charge in [0, 0.05) is 18.2 Å². The van der Waals surface area contributed by atoms with Crippen molar-refractivity contribution in [1.82, 2.24) is 16.2 Å². The number of hydrogen-bond donors (Lipinski definition) is 3. The van der Waals surface area contributed by atoms with E-state index in [0.717, 1.165) is 22.6 Å². The van der Waals surface area contributed by atoms with Crippen molar-refractivity contribution in [3.63, 3.8) is 0 Å². The lowest BCUT2D eigenvalue weighted by Crippen LogP contribution is -2.42. The number of nitrogens with one attached hydrogen (secondary N) is 3. The molecule has 1 fully saturated rings. The Bertz CT molecular complexity index is 718. The summed E-state index contributed by atoms with van der Waals surface area (Å²) in [6.45, 7) is 0.439. The van der Waals surface area contributed by atoms with E-state index in [2.05, 4.69) is 16.2 Å². The van der Waals surface area contributed by atoms with Crippen LogP contribution in [0.25, 0.3) is 0 Å². The number of benzene rings is 2. The third-order valence-corrected chi connectivity index (χ3v) is 4.38. The molecule has 2 atom stereocenters. The lowest BCUT2D eigenvalue weighted by molar-refractivity contribution is -0.123. The monoisotopic (exact) mass is 341 g/mol. The number of para-hydroxylation sites is 1. The summed E-state index contributed by atoms with van der Waals surface area (Å²) in [4.78, 5) is 12.4. The maximum atomic E-state index is 12.4. The summed E-state index contributed by atoms with van der Waals surface area (Å²) >= 11 is 0. The summed E-state index contributed by atoms with van der Waals surface area (Å²) in [5.74, 6) is 1.56. The van der Waals surface area contributed by atoms with Gasteiger partial charge in [-0.05, 0) is 30.2 Å². The lowest BCUT2D eigenvalue weighted by Gasteiger charge is -2.13. The number of carbonyl (C=O) groups excluding carboxylic acids is 1. The second kappa shape index (κ2) is 8.00. The maximum Gasteiger partial charge on any atom is 0.238 e. The number of amides is 1. The molecule has 0 radical (unpaired) electrons. The maximum absolute atomic E-state index is 12.4. The van der Waals surface area contributed by atoms with Gasteiger partial charge in [-0.3, -0.25) is 4.79 Å². The van der Waals surface area contributed by atoms with E-state index in [1.807, 2.05) is 48.5 Å². The summed E-state index contributed by atoms with van der Waals surface area (Å²) in [5.41, 5.74) is 8.33. The zero-order valence-corrected chi connectivity index (χ0v) is 14.4. The number of carbonyl (C=O) groups is 1. The van der Waals surface area contributed by atoms with Gasteiger partial charge in [-0.2, -0.15) is 0 Å². The molecule has 132 valence electrons. The second-order valence-corrected chi connectivity index (χ2v) is 5.93. The van der Waals surface area contributed by atoms with Crippen molar-refractivity contribution in [2.75, 3.05) is 14.2 Å². The van der Waals surface area contributed by atoms with Gasteiger partial charge in [0.15, 0.2) is 0 Å². The summed E-state index contributed by atoms with van der Waals surface area (Å²) in [6.07, 6.45) is 0.685. The van der Waals surface area contributed by atoms with Gasteiger partial charge in [0.1, 0.15) is 17.5 Å². The van der Waals surface area contributed by atoms with Crippen LogP contribution in [0.5, 0.6) is 11.5 Å². The van der Waals surface area contributed by atoms with Crippen LogP contribution in [0.1, 0.15) is 23.6 Å². The van der Waals surface area contributed by atoms with Gasteiger partial charge in [0.25, 0.3) is 0 Å². The Hall–Kier alpha value is -2.57. The van der Waals surface area contributed by atoms with Crippen LogP contribution in [0.15, 0.2) is 48.5 Å². The number of ether oxygens (including phenoxy) is 2. The highest BCUT2D eigenvalue weighted by Gasteiger charge is 2.30. The SMILES string of the molecule is COc1ccc(C2CC(C(=O)NCc3ccccc3OC)NN2)cc1. The van der Waals surface area contributed by atoms with Gasteiger partial charge < -0.3 is 14.8 Å². The predicted molar refractivity (Wildman–Crippen MR) is 95.3 cm³/mol. The molecule has 3 rings (SSSR count). The Morgan fingerprint density at radius 1 is 1.08 bits per heavy atom. The first-order chi connectivity index (χ1) is 12.2. The van der Waals surface area contributed by atoms with Crippen LogP contribution >= 0.6 is 0 Å². The first-order valence-corrected chi connectivity index (χ1v) is 8.26. The first-order valence-electron chi connectivity index (χ1n) is 8.26. The lowest BCUT2D eigenvalue weighted by atomic mass is 10.0. The molecule has 2 unspecified atom stereocenters. The molecule has 3 N–H and O–H groups in total. The third-order valence-electron chi connectivity index (χ3n) is 4.38. The van der Waals surface area contributed by atoms with Crippen LogP contribution in [-0.4, -0.2) is 26.2 Å². The van der Waals surface area contributed by atoms with E-state index in [1.54, 1.807) is 14.2 Å². The minimum Gasteiger partial charge on any atom is -0.497 e. The van der Waals surface area contributed by atoms with Crippen molar-refractivity contribution in [3.8, 4) is 11.5 Å². The molecule has 0 spiro atoms. The van der Waals surface area contributed by atoms with E-state index >= 15 is 0 Å². The Kier molecular flexibility index (Phi) is 5.53. The van der Waals surface area contributed by atoms with Gasteiger partial charge in [0.05, 0.1) is 14.2 Å². The Morgan fingerprint density at radius 2 is 1.84 bits per heavy atom. The van der Waals surface area contributed by atoms with Crippen molar-refractivity contribution >= 4 is 5.91 Å². The van der Waals surface area contributed by atoms with Gasteiger partial charge in [-0.1, -0.05) is 30.3 Å². The smallest absolute Gasteiger partial charge is 0.238 e. The Balaban J connectivity index is 1.55. The van der Waals surface area contributed by atoms with E-state index < -0.39 is 0 Å². The normalized spacial score (nSPS) is 19.4. The van der Waals surface area contributed by atoms with Crippen molar-refractivity contribution in [1.29, 1.82) is 0 Å². The Morgan fingerprint density at radius 3 is 2.56 bits per heavy atom. The number of methoxy groups -OCH3 is 2. The zero-order chi connectivity index (χ0) is 17.6. The van der Waals surface area contributed by atoms with Crippen LogP contribution in [0.2, 0.25) is 0 Å². The van der Waals surface area contributed by atoms with Gasteiger partial charge in [-0.15, -0.1) is 0 Å². The standard InChI is InChI=1S/C19H23N3O3/c1-24-15-9-7-13(8-10-15)16-11-17(22-21-16)19(23)20-12-14-5-3-4-6-18(14)25-2/h3-10,16-17,21-22H,11-12H2,1-2H3,(H,20,23). The Labute approximate surface area is 147 Å². The van der Waals surface area contributed by atoms with Crippen molar-refractivity contribution < 1.29 is 14.3 Å². The van der Waals surface area contributed by atoms with Crippen molar-refractivity contribution in [2.45, 2.75) is 25.0 Å². The highest BCUT2D eigenvalue weighted by Crippen LogP contribution is 2.24. The van der Waals surface area contributed by atoms with E-state index in [0.29, 0.717) is 13.0 Å². The predicted octanol–water partition coefficient (Wildman–Crippen LogP) is 1.93. The molecule has 1 amide bonds. The first kappa shape index (κ1) is 17.3. The summed E-state index contributed by atoms with van der Waals surface area (Å²) in [6, 6.07) is 15.3. The molecule has 2 aromatic carbocycles. The fourth-order valence-electron chi connectivity index (χ4n) is 2.94. The number of hydrazine groups is 1. The molecule has 6 heteroatoms. The quantitative estimate of drug-likeness (QED) is 0.749. The molecule has 6 nitrogen and oxygen atoms in total. The molecule has 1 aliphatic heterocycles. The molecule has 1 saturated heterocycles. The topological polar surface area (TPSA) is 71.6 Å². The minimum absolute atomic E-state index is 0.0329. The van der Waals surface area contributed by atoms with Crippen LogP contribution < -0.4 is 25.6 Å². The van der Waals surface area contributed by atoms with E-state index in [9.17, 15) is 4.79 Å². The molecular formula is C19H23N3O3. The van der Waals surface area contributed by atoms with Gasteiger partial charge in [0.2, 0.25) is 5.91 Å². The van der Waals surface area contributed by atoms with Crippen LogP contribution in [0, 0.1) is 0 Å². The molecular weight excluding hydrogens is 318 g/mol. The average Bonchev–Trinajstić information content (AvgIpc) is 3.16. The fraction of sp³-hybridized carbons (Fsp3) is 0.316. The zero-order valence-electron chi connectivity index (χ0n) is 14.4. The summed E-state index contributed by atoms with van der Waals surface area (Å²) in [7, 11) is 3.27. The van der Waals surface area contributed by atoms with Crippen molar-refractivity contribution in [2.24, 2.45) is 0 Å². The van der Waals surface area contributed by atoms with Crippen LogP contribution in [0.3, 0.4) is 0 Å². The van der Waals surface area contributed by atoms with Crippen LogP contribution in [0.4, 0.5) is 0 Å². The number of rotatable bonds is 6. The highest BCUT2D eigenvalue weighted by atomic mass is 16.5. The summed E-state index contributed by atoms with van der Waals surface area (Å²) in [5, 5.41) is 2.96. The van der Waals surface area contributed by atoms with Crippen LogP contribution in [-0.2, 0) is 11.3 Å². The molecule has 0 aromatic heterocycles.